The molecule has 25 heavy (non-hydrogen) atoms. The lowest BCUT2D eigenvalue weighted by Crippen LogP contribution is -2.45. The molecule has 1 aromatic carbocycles. The molecule has 2 saturated carbocycles. The van der Waals surface area contributed by atoms with Crippen LogP contribution in [0.25, 0.3) is 0 Å². The fourth-order valence-electron chi connectivity index (χ4n) is 6.68. The molecule has 0 amide bonds. The Morgan fingerprint density at radius 3 is 2.76 bits per heavy atom. The number of aryl methyl sites for hydroxylation is 1. The summed E-state index contributed by atoms with van der Waals surface area (Å²) < 4.78 is 6.61. The summed E-state index contributed by atoms with van der Waals surface area (Å²) in [5.41, 5.74) is 3.30. The van der Waals surface area contributed by atoms with E-state index in [-0.39, 0.29) is 0 Å². The molecule has 0 radical (unpaired) electrons. The Bertz CT molecular complexity index is 685. The Morgan fingerprint density at radius 2 is 1.92 bits per heavy atom. The molecule has 0 heterocycles. The smallest absolute Gasteiger partial charge is 0.115 e. The highest BCUT2D eigenvalue weighted by atomic mass is 16.5. The van der Waals surface area contributed by atoms with E-state index in [1.165, 1.54) is 43.2 Å². The summed E-state index contributed by atoms with van der Waals surface area (Å²) in [6.07, 6.45) is 15.3. The van der Waals surface area contributed by atoms with Crippen molar-refractivity contribution in [2.45, 2.75) is 76.4 Å². The number of ether oxygens (including phenoxy) is 1. The van der Waals surface area contributed by atoms with Crippen LogP contribution in [0.5, 0.6) is 5.75 Å². The predicted octanol–water partition coefficient (Wildman–Crippen LogP) is 5.35. The normalized spacial score (nSPS) is 39.9. The highest BCUT2D eigenvalue weighted by molar-refractivity contribution is 5.40. The second kappa shape index (κ2) is 5.87. The average Bonchev–Trinajstić information content (AvgIpc) is 3.23. The van der Waals surface area contributed by atoms with E-state index < -0.39 is 0 Å². The second-order valence-corrected chi connectivity index (χ2v) is 9.11. The monoisotopic (exact) mass is 338 g/mol. The molecule has 5 rings (SSSR count). The highest BCUT2D eigenvalue weighted by Gasteiger charge is 2.55. The van der Waals surface area contributed by atoms with Gasteiger partial charge in [0, 0.05) is 0 Å². The zero-order chi connectivity index (χ0) is 17.0. The van der Waals surface area contributed by atoms with Gasteiger partial charge in [0.1, 0.15) is 5.75 Å². The van der Waals surface area contributed by atoms with Gasteiger partial charge in [0.15, 0.2) is 0 Å². The van der Waals surface area contributed by atoms with Gasteiger partial charge in [-0.2, -0.15) is 0 Å². The lowest BCUT2D eigenvalue weighted by Gasteiger charge is -2.51. The Morgan fingerprint density at radius 1 is 1.08 bits per heavy atom. The molecule has 2 heteroatoms. The van der Waals surface area contributed by atoms with Crippen molar-refractivity contribution in [3.05, 3.63) is 41.5 Å². The third-order valence-corrected chi connectivity index (χ3v) is 7.94. The van der Waals surface area contributed by atoms with E-state index in [1.54, 1.807) is 0 Å². The molecule has 2 fully saturated rings. The van der Waals surface area contributed by atoms with E-state index in [0.29, 0.717) is 29.3 Å². The van der Waals surface area contributed by atoms with E-state index in [9.17, 15) is 5.11 Å². The molecule has 0 bridgehead atoms. The standard InChI is InChI=1S/C23H30O2/c1-23-13-12-19-18-9-7-16(24)14-15(18)6-8-20(19)21(23)10-11-22(23)25-17-4-2-3-5-17/h2-3,7,9,14,17,19-22,24H,4-6,8,10-13H2,1H3/t19-,20-,21+,22?,23+/m1/s1. The number of phenolic OH excluding ortho intramolecular Hbond substituents is 1. The van der Waals surface area contributed by atoms with Crippen LogP contribution in [0.2, 0.25) is 0 Å². The minimum Gasteiger partial charge on any atom is -0.508 e. The zero-order valence-electron chi connectivity index (χ0n) is 15.3. The first-order chi connectivity index (χ1) is 12.1. The van der Waals surface area contributed by atoms with E-state index in [1.807, 2.05) is 12.1 Å². The SMILES string of the molecule is C[C@]12CC[C@@H]3c4ccc(O)cc4CC[C@H]3[C@@H]1CCC2OC1CC=CC1. The van der Waals surface area contributed by atoms with Gasteiger partial charge in [-0.25, -0.2) is 0 Å². The number of hydrogen-bond acceptors (Lipinski definition) is 2. The quantitative estimate of drug-likeness (QED) is 0.736. The third kappa shape index (κ3) is 2.48. The van der Waals surface area contributed by atoms with Crippen molar-refractivity contribution in [2.24, 2.45) is 17.3 Å². The van der Waals surface area contributed by atoms with Crippen molar-refractivity contribution >= 4 is 0 Å². The minimum atomic E-state index is 0.373. The van der Waals surface area contributed by atoms with Gasteiger partial charge in [0.2, 0.25) is 0 Å². The van der Waals surface area contributed by atoms with Crippen LogP contribution >= 0.6 is 0 Å². The first-order valence-electron chi connectivity index (χ1n) is 10.3. The van der Waals surface area contributed by atoms with Crippen molar-refractivity contribution < 1.29 is 9.84 Å². The summed E-state index contributed by atoms with van der Waals surface area (Å²) in [6, 6.07) is 6.10. The van der Waals surface area contributed by atoms with Crippen molar-refractivity contribution in [1.29, 1.82) is 0 Å². The second-order valence-electron chi connectivity index (χ2n) is 9.11. The summed E-state index contributed by atoms with van der Waals surface area (Å²) in [4.78, 5) is 0. The van der Waals surface area contributed by atoms with Crippen LogP contribution in [0.3, 0.4) is 0 Å². The van der Waals surface area contributed by atoms with Gasteiger partial charge in [-0.15, -0.1) is 0 Å². The van der Waals surface area contributed by atoms with Crippen LogP contribution in [0.4, 0.5) is 0 Å². The first-order valence-corrected chi connectivity index (χ1v) is 10.3. The van der Waals surface area contributed by atoms with Crippen LogP contribution in [0.15, 0.2) is 30.4 Å². The zero-order valence-corrected chi connectivity index (χ0v) is 15.3. The molecule has 0 saturated heterocycles. The maximum atomic E-state index is 9.82. The average molecular weight is 338 g/mol. The minimum absolute atomic E-state index is 0.373. The van der Waals surface area contributed by atoms with Gasteiger partial charge in [-0.05, 0) is 97.8 Å². The van der Waals surface area contributed by atoms with Crippen LogP contribution in [-0.4, -0.2) is 17.3 Å². The van der Waals surface area contributed by atoms with Crippen LogP contribution in [-0.2, 0) is 11.2 Å². The molecule has 5 atom stereocenters. The molecule has 134 valence electrons. The van der Waals surface area contributed by atoms with Gasteiger partial charge >= 0.3 is 0 Å². The lowest BCUT2D eigenvalue weighted by atomic mass is 9.55. The number of aromatic hydroxyl groups is 1. The summed E-state index contributed by atoms with van der Waals surface area (Å²) in [5.74, 6) is 2.75. The Hall–Kier alpha value is -1.28. The van der Waals surface area contributed by atoms with Crippen LogP contribution < -0.4 is 0 Å². The first kappa shape index (κ1) is 15.9. The molecule has 1 unspecified atom stereocenters. The fraction of sp³-hybridized carbons (Fsp3) is 0.652. The van der Waals surface area contributed by atoms with E-state index >= 15 is 0 Å². The Kier molecular flexibility index (Phi) is 3.74. The van der Waals surface area contributed by atoms with Gasteiger partial charge in [-0.3, -0.25) is 0 Å². The van der Waals surface area contributed by atoms with Crippen molar-refractivity contribution in [1.82, 2.24) is 0 Å². The Labute approximate surface area is 151 Å². The lowest BCUT2D eigenvalue weighted by molar-refractivity contribution is -0.0924. The van der Waals surface area contributed by atoms with E-state index in [2.05, 4.69) is 25.1 Å². The molecular weight excluding hydrogens is 308 g/mol. The van der Waals surface area contributed by atoms with Gasteiger partial charge in [0.25, 0.3) is 0 Å². The van der Waals surface area contributed by atoms with Gasteiger partial charge < -0.3 is 9.84 Å². The third-order valence-electron chi connectivity index (χ3n) is 7.94. The molecule has 4 aliphatic carbocycles. The van der Waals surface area contributed by atoms with Crippen LogP contribution in [0, 0.1) is 17.3 Å². The maximum Gasteiger partial charge on any atom is 0.115 e. The van der Waals surface area contributed by atoms with Gasteiger partial charge in [-0.1, -0.05) is 25.1 Å². The maximum absolute atomic E-state index is 9.82. The number of fused-ring (bicyclic) bond motifs is 5. The molecule has 1 aromatic rings. The fourth-order valence-corrected chi connectivity index (χ4v) is 6.68. The summed E-state index contributed by atoms with van der Waals surface area (Å²) in [5, 5.41) is 9.82. The van der Waals surface area contributed by atoms with E-state index in [4.69, 9.17) is 4.74 Å². The summed E-state index contributed by atoms with van der Waals surface area (Å²) >= 11 is 0. The topological polar surface area (TPSA) is 29.5 Å². The molecule has 0 aromatic heterocycles. The van der Waals surface area contributed by atoms with Crippen molar-refractivity contribution in [3.8, 4) is 5.75 Å². The largest absolute Gasteiger partial charge is 0.508 e. The van der Waals surface area contributed by atoms with Crippen LogP contribution in [0.1, 0.15) is 68.9 Å². The van der Waals surface area contributed by atoms with E-state index in [0.717, 1.165) is 31.1 Å². The number of benzene rings is 1. The molecule has 2 nitrogen and oxygen atoms in total. The summed E-state index contributed by atoms with van der Waals surface area (Å²) in [6.45, 7) is 2.53. The van der Waals surface area contributed by atoms with Crippen molar-refractivity contribution in [3.63, 3.8) is 0 Å². The Balaban J connectivity index is 1.38. The number of phenols is 1. The predicted molar refractivity (Wildman–Crippen MR) is 99.8 cm³/mol. The molecule has 4 aliphatic rings. The molecule has 0 spiro atoms. The summed E-state index contributed by atoms with van der Waals surface area (Å²) in [7, 11) is 0. The number of hydrogen-bond donors (Lipinski definition) is 1. The highest BCUT2D eigenvalue weighted by Crippen LogP contribution is 2.61. The molecular formula is C23H30O2. The molecule has 1 N–H and O–H groups in total. The number of rotatable bonds is 2. The van der Waals surface area contributed by atoms with Gasteiger partial charge in [0.05, 0.1) is 12.2 Å². The molecule has 0 aliphatic heterocycles. The van der Waals surface area contributed by atoms with Crippen molar-refractivity contribution in [2.75, 3.05) is 0 Å².